The van der Waals surface area contributed by atoms with E-state index in [1.807, 2.05) is 5.38 Å². The molecule has 0 radical (unpaired) electrons. The zero-order chi connectivity index (χ0) is 13.7. The van der Waals surface area contributed by atoms with Crippen LogP contribution >= 0.6 is 11.3 Å². The lowest BCUT2D eigenvalue weighted by Gasteiger charge is -2.14. The molecule has 2 rings (SSSR count). The van der Waals surface area contributed by atoms with Crippen molar-refractivity contribution in [2.45, 2.75) is 25.9 Å². The van der Waals surface area contributed by atoms with Crippen LogP contribution in [0.1, 0.15) is 40.4 Å². The Morgan fingerprint density at radius 3 is 2.95 bits per heavy atom. The quantitative estimate of drug-likeness (QED) is 0.848. The van der Waals surface area contributed by atoms with Crippen LogP contribution < -0.4 is 5.32 Å². The normalized spacial score (nSPS) is 12.3. The maximum absolute atomic E-state index is 11.1. The molecular formula is C13H15N3O2S. The lowest BCUT2D eigenvalue weighted by Crippen LogP contribution is -2.22. The molecule has 2 aromatic rings. The second kappa shape index (κ2) is 6.40. The monoisotopic (exact) mass is 277 g/mol. The second-order valence-corrected chi connectivity index (χ2v) is 4.94. The van der Waals surface area contributed by atoms with Crippen molar-refractivity contribution in [1.29, 1.82) is 0 Å². The zero-order valence-electron chi connectivity index (χ0n) is 10.5. The number of rotatable bonds is 6. The third kappa shape index (κ3) is 3.36. The molecule has 0 aliphatic carbocycles. The summed E-state index contributed by atoms with van der Waals surface area (Å²) in [6, 6.07) is 3.32. The summed E-state index contributed by atoms with van der Waals surface area (Å²) in [5.74, 6) is -0.952. The molecule has 0 aromatic carbocycles. The summed E-state index contributed by atoms with van der Waals surface area (Å²) in [4.78, 5) is 19.5. The van der Waals surface area contributed by atoms with Crippen molar-refractivity contribution in [2.75, 3.05) is 0 Å². The van der Waals surface area contributed by atoms with Crippen LogP contribution in [0, 0.1) is 0 Å². The number of hydrogen-bond donors (Lipinski definition) is 2. The SMILES string of the molecule is CCC(NCc1ncccc1C(=O)O)c1nccs1. The smallest absolute Gasteiger partial charge is 0.337 e. The van der Waals surface area contributed by atoms with Gasteiger partial charge < -0.3 is 10.4 Å². The average molecular weight is 277 g/mol. The van der Waals surface area contributed by atoms with Crippen molar-refractivity contribution in [3.8, 4) is 0 Å². The Bertz CT molecular complexity index is 543. The molecule has 19 heavy (non-hydrogen) atoms. The number of hydrogen-bond acceptors (Lipinski definition) is 5. The van der Waals surface area contributed by atoms with Gasteiger partial charge in [0.05, 0.1) is 17.3 Å². The summed E-state index contributed by atoms with van der Waals surface area (Å²) in [6.45, 7) is 2.48. The summed E-state index contributed by atoms with van der Waals surface area (Å²) in [5, 5.41) is 15.3. The van der Waals surface area contributed by atoms with Crippen LogP contribution in [0.25, 0.3) is 0 Å². The fourth-order valence-electron chi connectivity index (χ4n) is 1.81. The highest BCUT2D eigenvalue weighted by Crippen LogP contribution is 2.19. The van der Waals surface area contributed by atoms with Gasteiger partial charge in [-0.05, 0) is 18.6 Å². The Morgan fingerprint density at radius 2 is 2.32 bits per heavy atom. The molecular weight excluding hydrogens is 262 g/mol. The van der Waals surface area contributed by atoms with Gasteiger partial charge >= 0.3 is 5.97 Å². The molecule has 6 heteroatoms. The highest BCUT2D eigenvalue weighted by molar-refractivity contribution is 7.09. The molecule has 0 spiro atoms. The number of carboxylic acids is 1. The molecule has 2 aromatic heterocycles. The van der Waals surface area contributed by atoms with E-state index in [1.54, 1.807) is 35.9 Å². The van der Waals surface area contributed by atoms with Crippen molar-refractivity contribution in [3.05, 3.63) is 46.2 Å². The minimum Gasteiger partial charge on any atom is -0.478 e. The van der Waals surface area contributed by atoms with E-state index in [0.29, 0.717) is 12.2 Å². The van der Waals surface area contributed by atoms with Gasteiger partial charge in [0, 0.05) is 24.3 Å². The Hall–Kier alpha value is -1.79. The van der Waals surface area contributed by atoms with E-state index in [-0.39, 0.29) is 11.6 Å². The fraction of sp³-hybridized carbons (Fsp3) is 0.308. The van der Waals surface area contributed by atoms with Gasteiger partial charge in [-0.2, -0.15) is 0 Å². The van der Waals surface area contributed by atoms with Crippen molar-refractivity contribution >= 4 is 17.3 Å². The lowest BCUT2D eigenvalue weighted by atomic mass is 10.1. The van der Waals surface area contributed by atoms with E-state index in [9.17, 15) is 4.79 Å². The third-order valence-electron chi connectivity index (χ3n) is 2.79. The van der Waals surface area contributed by atoms with Gasteiger partial charge in [0.2, 0.25) is 0 Å². The number of nitrogens with one attached hydrogen (secondary N) is 1. The fourth-order valence-corrected chi connectivity index (χ4v) is 2.60. The van der Waals surface area contributed by atoms with Crippen LogP contribution in [-0.4, -0.2) is 21.0 Å². The molecule has 0 bridgehead atoms. The van der Waals surface area contributed by atoms with Gasteiger partial charge in [-0.25, -0.2) is 9.78 Å². The van der Waals surface area contributed by atoms with Crippen LogP contribution in [0.15, 0.2) is 29.9 Å². The number of aromatic carboxylic acids is 1. The molecule has 100 valence electrons. The number of thiazole rings is 1. The molecule has 0 aliphatic heterocycles. The third-order valence-corrected chi connectivity index (χ3v) is 3.68. The average Bonchev–Trinajstić information content (AvgIpc) is 2.94. The maximum atomic E-state index is 11.1. The first-order chi connectivity index (χ1) is 9.22. The van der Waals surface area contributed by atoms with Crippen molar-refractivity contribution in [2.24, 2.45) is 0 Å². The highest BCUT2D eigenvalue weighted by Gasteiger charge is 2.14. The lowest BCUT2D eigenvalue weighted by molar-refractivity contribution is 0.0695. The number of pyridine rings is 1. The molecule has 2 heterocycles. The summed E-state index contributed by atoms with van der Waals surface area (Å²) in [5.41, 5.74) is 0.786. The Balaban J connectivity index is 2.08. The first-order valence-corrected chi connectivity index (χ1v) is 6.90. The minimum atomic E-state index is -0.952. The topological polar surface area (TPSA) is 75.1 Å². The predicted octanol–water partition coefficient (Wildman–Crippen LogP) is 2.48. The number of carboxylic acid groups (broad SMARTS) is 1. The van der Waals surface area contributed by atoms with E-state index in [0.717, 1.165) is 11.4 Å². The molecule has 1 unspecified atom stereocenters. The maximum Gasteiger partial charge on any atom is 0.337 e. The highest BCUT2D eigenvalue weighted by atomic mass is 32.1. The Morgan fingerprint density at radius 1 is 1.47 bits per heavy atom. The van der Waals surface area contributed by atoms with E-state index < -0.39 is 5.97 Å². The van der Waals surface area contributed by atoms with Crippen molar-refractivity contribution in [3.63, 3.8) is 0 Å². The number of aromatic nitrogens is 2. The first kappa shape index (κ1) is 13.6. The van der Waals surface area contributed by atoms with Crippen LogP contribution in [0.4, 0.5) is 0 Å². The molecule has 2 N–H and O–H groups in total. The van der Waals surface area contributed by atoms with Gasteiger partial charge in [-0.1, -0.05) is 6.92 Å². The molecule has 0 aliphatic rings. The van der Waals surface area contributed by atoms with E-state index in [1.165, 1.54) is 0 Å². The van der Waals surface area contributed by atoms with E-state index in [4.69, 9.17) is 5.11 Å². The number of nitrogens with zero attached hydrogens (tertiary/aromatic N) is 2. The standard InChI is InChI=1S/C13H15N3O2S/c1-2-10(12-15-6-7-19-12)16-8-11-9(13(17)18)4-3-5-14-11/h3-7,10,16H,2,8H2,1H3,(H,17,18). The van der Waals surface area contributed by atoms with Gasteiger partial charge in [-0.3, -0.25) is 4.98 Å². The zero-order valence-corrected chi connectivity index (χ0v) is 11.4. The summed E-state index contributed by atoms with van der Waals surface area (Å²) >= 11 is 1.59. The molecule has 0 saturated carbocycles. The Labute approximate surface area is 115 Å². The van der Waals surface area contributed by atoms with Gasteiger partial charge in [0.1, 0.15) is 5.01 Å². The minimum absolute atomic E-state index is 0.128. The van der Waals surface area contributed by atoms with Crippen molar-refractivity contribution < 1.29 is 9.90 Å². The second-order valence-electron chi connectivity index (χ2n) is 4.01. The molecule has 0 amide bonds. The van der Waals surface area contributed by atoms with Gasteiger partial charge in [-0.15, -0.1) is 11.3 Å². The molecule has 0 saturated heterocycles. The van der Waals surface area contributed by atoms with Crippen LogP contribution in [0.3, 0.4) is 0 Å². The molecule has 0 fully saturated rings. The Kier molecular flexibility index (Phi) is 4.59. The van der Waals surface area contributed by atoms with Crippen LogP contribution in [0.5, 0.6) is 0 Å². The molecule has 1 atom stereocenters. The largest absolute Gasteiger partial charge is 0.478 e. The molecule has 5 nitrogen and oxygen atoms in total. The first-order valence-electron chi connectivity index (χ1n) is 6.02. The van der Waals surface area contributed by atoms with Crippen LogP contribution in [-0.2, 0) is 6.54 Å². The van der Waals surface area contributed by atoms with Gasteiger partial charge in [0.15, 0.2) is 0 Å². The van der Waals surface area contributed by atoms with Crippen molar-refractivity contribution in [1.82, 2.24) is 15.3 Å². The van der Waals surface area contributed by atoms with Gasteiger partial charge in [0.25, 0.3) is 0 Å². The van der Waals surface area contributed by atoms with E-state index in [2.05, 4.69) is 22.2 Å². The van der Waals surface area contributed by atoms with E-state index >= 15 is 0 Å². The number of carbonyl (C=O) groups is 1. The summed E-state index contributed by atoms with van der Waals surface area (Å²) in [6.07, 6.45) is 4.27. The van der Waals surface area contributed by atoms with Crippen LogP contribution in [0.2, 0.25) is 0 Å². The summed E-state index contributed by atoms with van der Waals surface area (Å²) < 4.78 is 0. The summed E-state index contributed by atoms with van der Waals surface area (Å²) in [7, 11) is 0. The predicted molar refractivity (Wildman–Crippen MR) is 73.2 cm³/mol.